The fourth-order valence-corrected chi connectivity index (χ4v) is 1.24. The second kappa shape index (κ2) is 5.56. The van der Waals surface area contributed by atoms with Gasteiger partial charge in [-0.3, -0.25) is 9.59 Å². The van der Waals surface area contributed by atoms with Gasteiger partial charge in [0.15, 0.2) is 0 Å². The quantitative estimate of drug-likeness (QED) is 0.769. The summed E-state index contributed by atoms with van der Waals surface area (Å²) < 4.78 is 0. The van der Waals surface area contributed by atoms with Gasteiger partial charge in [-0.2, -0.15) is 0 Å². The third-order valence-electron chi connectivity index (χ3n) is 1.94. The Balaban J connectivity index is 2.66. The maximum Gasteiger partial charge on any atom is 0.266 e. The van der Waals surface area contributed by atoms with Crippen LogP contribution in [0.4, 0.5) is 0 Å². The molecule has 0 atom stereocenters. The molecule has 5 heteroatoms. The monoisotopic (exact) mass is 228 g/mol. The number of halogens is 1. The van der Waals surface area contributed by atoms with Crippen LogP contribution < -0.4 is 10.9 Å². The summed E-state index contributed by atoms with van der Waals surface area (Å²) in [5.74, 6) is -0.221. The largest absolute Gasteiger partial charge is 0.352 e. The van der Waals surface area contributed by atoms with E-state index in [1.165, 1.54) is 12.3 Å². The molecule has 0 radical (unpaired) electrons. The number of unbranched alkanes of at least 4 members (excludes halogenated alkanes) is 1. The molecule has 1 amide bonds. The van der Waals surface area contributed by atoms with Gasteiger partial charge in [0, 0.05) is 12.7 Å². The highest BCUT2D eigenvalue weighted by molar-refractivity contribution is 6.30. The maximum atomic E-state index is 11.5. The fraction of sp³-hybridized carbons (Fsp3) is 0.400. The van der Waals surface area contributed by atoms with Crippen molar-refractivity contribution in [3.05, 3.63) is 33.2 Å². The molecule has 1 rings (SSSR count). The molecule has 82 valence electrons. The van der Waals surface area contributed by atoms with Gasteiger partial charge in [0.2, 0.25) is 0 Å². The van der Waals surface area contributed by atoms with E-state index in [1.54, 1.807) is 0 Å². The van der Waals surface area contributed by atoms with Crippen LogP contribution in [-0.4, -0.2) is 17.4 Å². The second-order valence-corrected chi connectivity index (χ2v) is 3.58. The third-order valence-corrected chi connectivity index (χ3v) is 2.22. The molecule has 0 aliphatic rings. The molecular formula is C10H13ClN2O2. The fourth-order valence-electron chi connectivity index (χ4n) is 1.07. The van der Waals surface area contributed by atoms with Gasteiger partial charge < -0.3 is 10.3 Å². The Morgan fingerprint density at radius 3 is 2.93 bits per heavy atom. The molecule has 0 fully saturated rings. The lowest BCUT2D eigenvalue weighted by Gasteiger charge is -2.03. The van der Waals surface area contributed by atoms with Crippen molar-refractivity contribution in [3.8, 4) is 0 Å². The highest BCUT2D eigenvalue weighted by Gasteiger charge is 2.06. The van der Waals surface area contributed by atoms with E-state index in [1.807, 2.05) is 6.92 Å². The van der Waals surface area contributed by atoms with Crippen molar-refractivity contribution in [2.75, 3.05) is 6.54 Å². The number of rotatable bonds is 4. The minimum atomic E-state index is -0.387. The van der Waals surface area contributed by atoms with Gasteiger partial charge in [-0.25, -0.2) is 0 Å². The summed E-state index contributed by atoms with van der Waals surface area (Å²) in [5.41, 5.74) is -0.0162. The van der Waals surface area contributed by atoms with E-state index in [4.69, 9.17) is 11.6 Å². The summed E-state index contributed by atoms with van der Waals surface area (Å²) in [5, 5.41) is 2.75. The first kappa shape index (κ1) is 11.8. The maximum absolute atomic E-state index is 11.5. The average Bonchev–Trinajstić information content (AvgIpc) is 2.22. The van der Waals surface area contributed by atoms with E-state index in [9.17, 15) is 9.59 Å². The number of H-pyrrole nitrogens is 1. The summed E-state index contributed by atoms with van der Waals surface area (Å²) in [4.78, 5) is 24.8. The van der Waals surface area contributed by atoms with Crippen molar-refractivity contribution in [1.82, 2.24) is 10.3 Å². The molecule has 2 N–H and O–H groups in total. The van der Waals surface area contributed by atoms with Crippen LogP contribution in [0.25, 0.3) is 0 Å². The van der Waals surface area contributed by atoms with Crippen LogP contribution in [0.1, 0.15) is 30.1 Å². The standard InChI is InChI=1S/C10H13ClN2O2/c1-2-3-4-12-9(14)7-5-8(11)10(15)13-6-7/h5-6H,2-4H2,1H3,(H,12,14)(H,13,15). The molecule has 0 aliphatic carbocycles. The average molecular weight is 229 g/mol. The Hall–Kier alpha value is -1.29. The minimum absolute atomic E-state index is 0.0261. The summed E-state index contributed by atoms with van der Waals surface area (Å²) in [6, 6.07) is 1.36. The molecule has 0 saturated heterocycles. The summed E-state index contributed by atoms with van der Waals surface area (Å²) in [6.45, 7) is 2.68. The van der Waals surface area contributed by atoms with Crippen LogP contribution in [0.3, 0.4) is 0 Å². The van der Waals surface area contributed by atoms with Crippen molar-refractivity contribution < 1.29 is 4.79 Å². The number of hydrogen-bond donors (Lipinski definition) is 2. The third kappa shape index (κ3) is 3.40. The van der Waals surface area contributed by atoms with Crippen LogP contribution in [-0.2, 0) is 0 Å². The number of aromatic amines is 1. The van der Waals surface area contributed by atoms with E-state index in [2.05, 4.69) is 10.3 Å². The Kier molecular flexibility index (Phi) is 4.37. The molecule has 1 aromatic rings. The molecule has 0 bridgehead atoms. The van der Waals surface area contributed by atoms with Gasteiger partial charge in [0.25, 0.3) is 11.5 Å². The number of aromatic nitrogens is 1. The first-order valence-corrected chi connectivity index (χ1v) is 5.19. The zero-order valence-corrected chi connectivity index (χ0v) is 9.23. The van der Waals surface area contributed by atoms with E-state index in [-0.39, 0.29) is 16.5 Å². The molecule has 0 saturated carbocycles. The van der Waals surface area contributed by atoms with E-state index in [0.717, 1.165) is 12.8 Å². The van der Waals surface area contributed by atoms with Crippen molar-refractivity contribution in [1.29, 1.82) is 0 Å². The molecule has 4 nitrogen and oxygen atoms in total. The van der Waals surface area contributed by atoms with Crippen LogP contribution in [0.15, 0.2) is 17.1 Å². The first-order chi connectivity index (χ1) is 7.15. The lowest BCUT2D eigenvalue weighted by atomic mass is 10.2. The van der Waals surface area contributed by atoms with Crippen LogP contribution in [0.5, 0.6) is 0 Å². The number of amides is 1. The zero-order chi connectivity index (χ0) is 11.3. The molecule has 0 aromatic carbocycles. The van der Waals surface area contributed by atoms with E-state index in [0.29, 0.717) is 12.1 Å². The topological polar surface area (TPSA) is 62.0 Å². The molecule has 0 aliphatic heterocycles. The number of nitrogens with one attached hydrogen (secondary N) is 2. The van der Waals surface area contributed by atoms with E-state index >= 15 is 0 Å². The Labute approximate surface area is 92.7 Å². The summed E-state index contributed by atoms with van der Waals surface area (Å²) >= 11 is 5.60. The van der Waals surface area contributed by atoms with Gasteiger partial charge in [0.05, 0.1) is 5.56 Å². The molecule has 0 spiro atoms. The predicted molar refractivity (Wildman–Crippen MR) is 59.3 cm³/mol. The lowest BCUT2D eigenvalue weighted by Crippen LogP contribution is -2.25. The van der Waals surface area contributed by atoms with Crippen molar-refractivity contribution in [2.45, 2.75) is 19.8 Å². The molecule has 0 unspecified atom stereocenters. The highest BCUT2D eigenvalue weighted by Crippen LogP contribution is 2.03. The van der Waals surface area contributed by atoms with Crippen molar-refractivity contribution in [3.63, 3.8) is 0 Å². The smallest absolute Gasteiger partial charge is 0.266 e. The SMILES string of the molecule is CCCCNC(=O)c1c[nH]c(=O)c(Cl)c1. The Bertz CT molecular complexity index is 401. The van der Waals surface area contributed by atoms with Crippen LogP contribution >= 0.6 is 11.6 Å². The number of hydrogen-bond acceptors (Lipinski definition) is 2. The van der Waals surface area contributed by atoms with Crippen molar-refractivity contribution in [2.24, 2.45) is 0 Å². The zero-order valence-electron chi connectivity index (χ0n) is 8.47. The minimum Gasteiger partial charge on any atom is -0.352 e. The summed E-state index contributed by atoms with van der Waals surface area (Å²) in [6.07, 6.45) is 3.31. The normalized spacial score (nSPS) is 10.0. The van der Waals surface area contributed by atoms with E-state index < -0.39 is 0 Å². The molecular weight excluding hydrogens is 216 g/mol. The van der Waals surface area contributed by atoms with Crippen molar-refractivity contribution >= 4 is 17.5 Å². The Morgan fingerprint density at radius 2 is 2.33 bits per heavy atom. The van der Waals surface area contributed by atoms with Gasteiger partial charge in [-0.05, 0) is 12.5 Å². The number of pyridine rings is 1. The predicted octanol–water partition coefficient (Wildman–Crippen LogP) is 1.56. The lowest BCUT2D eigenvalue weighted by molar-refractivity contribution is 0.0953. The molecule has 1 aromatic heterocycles. The van der Waals surface area contributed by atoms with Gasteiger partial charge in [-0.1, -0.05) is 24.9 Å². The van der Waals surface area contributed by atoms with Gasteiger partial charge in [0.1, 0.15) is 5.02 Å². The van der Waals surface area contributed by atoms with Gasteiger partial charge in [-0.15, -0.1) is 0 Å². The molecule has 1 heterocycles. The first-order valence-electron chi connectivity index (χ1n) is 4.81. The number of carbonyl (C=O) groups excluding carboxylic acids is 1. The van der Waals surface area contributed by atoms with Crippen LogP contribution in [0.2, 0.25) is 5.02 Å². The van der Waals surface area contributed by atoms with Gasteiger partial charge >= 0.3 is 0 Å². The highest BCUT2D eigenvalue weighted by atomic mass is 35.5. The summed E-state index contributed by atoms with van der Waals surface area (Å²) in [7, 11) is 0. The molecule has 15 heavy (non-hydrogen) atoms. The number of carbonyl (C=O) groups is 1. The van der Waals surface area contributed by atoms with Crippen LogP contribution in [0, 0.1) is 0 Å². The second-order valence-electron chi connectivity index (χ2n) is 3.17. The Morgan fingerprint density at radius 1 is 1.60 bits per heavy atom.